The molecule has 1 aromatic heterocycles. The summed E-state index contributed by atoms with van der Waals surface area (Å²) in [5, 5.41) is 13.9. The van der Waals surface area contributed by atoms with Crippen LogP contribution in [0.2, 0.25) is 0 Å². The number of nitrogens with one attached hydrogen (secondary N) is 1. The molecule has 9 heteroatoms. The molecule has 1 aromatic carbocycles. The molecule has 0 amide bonds. The number of halogens is 3. The van der Waals surface area contributed by atoms with Crippen LogP contribution in [0.25, 0.3) is 0 Å². The lowest BCUT2D eigenvalue weighted by atomic mass is 10.1. The zero-order valence-corrected chi connectivity index (χ0v) is 12.3. The number of hydrogen-bond donors (Lipinski definition) is 1. The SMILES string of the molecule is FC(F)(F)Cn1nnc(CNC2CCc3ccccc3OC2)n1. The van der Waals surface area contributed by atoms with E-state index in [4.69, 9.17) is 4.74 Å². The Kier molecular flexibility index (Phi) is 4.46. The second-order valence-corrected chi connectivity index (χ2v) is 5.39. The van der Waals surface area contributed by atoms with E-state index in [1.807, 2.05) is 24.3 Å². The Morgan fingerprint density at radius 2 is 2.13 bits per heavy atom. The molecule has 6 nitrogen and oxygen atoms in total. The molecule has 124 valence electrons. The minimum Gasteiger partial charge on any atom is -0.492 e. The Morgan fingerprint density at radius 1 is 1.30 bits per heavy atom. The van der Waals surface area contributed by atoms with Crippen molar-refractivity contribution in [1.82, 2.24) is 25.5 Å². The normalized spacial score (nSPS) is 18.1. The summed E-state index contributed by atoms with van der Waals surface area (Å²) in [6.07, 6.45) is -2.61. The van der Waals surface area contributed by atoms with Gasteiger partial charge in [0.2, 0.25) is 0 Å². The smallest absolute Gasteiger partial charge is 0.409 e. The summed E-state index contributed by atoms with van der Waals surface area (Å²) in [5.41, 5.74) is 1.16. The number of aromatic nitrogens is 4. The minimum absolute atomic E-state index is 0.0805. The second kappa shape index (κ2) is 6.53. The summed E-state index contributed by atoms with van der Waals surface area (Å²) in [6.45, 7) is -0.488. The number of tetrazole rings is 1. The van der Waals surface area contributed by atoms with E-state index < -0.39 is 12.7 Å². The molecule has 1 aliphatic rings. The highest BCUT2D eigenvalue weighted by Crippen LogP contribution is 2.23. The summed E-state index contributed by atoms with van der Waals surface area (Å²) < 4.78 is 42.5. The van der Waals surface area contributed by atoms with Crippen LogP contribution in [0, 0.1) is 0 Å². The third-order valence-electron chi connectivity index (χ3n) is 3.54. The van der Waals surface area contributed by atoms with E-state index in [-0.39, 0.29) is 18.4 Å². The molecule has 3 rings (SSSR count). The van der Waals surface area contributed by atoms with E-state index in [0.29, 0.717) is 11.4 Å². The highest BCUT2D eigenvalue weighted by atomic mass is 19.4. The van der Waals surface area contributed by atoms with Crippen LogP contribution in [0.4, 0.5) is 13.2 Å². The Balaban J connectivity index is 1.51. The van der Waals surface area contributed by atoms with Gasteiger partial charge >= 0.3 is 6.18 Å². The Hall–Kier alpha value is -2.16. The first kappa shape index (κ1) is 15.7. The fourth-order valence-electron chi connectivity index (χ4n) is 2.43. The topological polar surface area (TPSA) is 64.9 Å². The van der Waals surface area contributed by atoms with Crippen LogP contribution in [-0.2, 0) is 19.5 Å². The molecule has 0 saturated heterocycles. The fraction of sp³-hybridized carbons (Fsp3) is 0.500. The van der Waals surface area contributed by atoms with Crippen molar-refractivity contribution in [2.75, 3.05) is 6.61 Å². The average Bonchev–Trinajstić information content (AvgIpc) is 2.81. The summed E-state index contributed by atoms with van der Waals surface area (Å²) in [6, 6.07) is 7.94. The molecule has 1 N–H and O–H groups in total. The highest BCUT2D eigenvalue weighted by Gasteiger charge is 2.29. The highest BCUT2D eigenvalue weighted by molar-refractivity contribution is 5.34. The molecule has 1 unspecified atom stereocenters. The van der Waals surface area contributed by atoms with E-state index >= 15 is 0 Å². The largest absolute Gasteiger partial charge is 0.492 e. The predicted molar refractivity (Wildman–Crippen MR) is 74.8 cm³/mol. The van der Waals surface area contributed by atoms with Gasteiger partial charge in [-0.3, -0.25) is 0 Å². The number of rotatable bonds is 4. The predicted octanol–water partition coefficient (Wildman–Crippen LogP) is 1.72. The number of para-hydroxylation sites is 1. The van der Waals surface area contributed by atoms with E-state index in [0.717, 1.165) is 24.2 Å². The summed E-state index contributed by atoms with van der Waals surface area (Å²) in [5.74, 6) is 1.11. The molecule has 23 heavy (non-hydrogen) atoms. The summed E-state index contributed by atoms with van der Waals surface area (Å²) >= 11 is 0. The van der Waals surface area contributed by atoms with Crippen molar-refractivity contribution < 1.29 is 17.9 Å². The van der Waals surface area contributed by atoms with Crippen molar-refractivity contribution in [3.63, 3.8) is 0 Å². The van der Waals surface area contributed by atoms with Gasteiger partial charge in [0.1, 0.15) is 12.4 Å². The zero-order valence-electron chi connectivity index (χ0n) is 12.3. The number of ether oxygens (including phenoxy) is 1. The maximum atomic E-state index is 12.2. The van der Waals surface area contributed by atoms with Gasteiger partial charge in [-0.1, -0.05) is 18.2 Å². The van der Waals surface area contributed by atoms with Gasteiger partial charge in [-0.25, -0.2) is 0 Å². The minimum atomic E-state index is -4.35. The molecule has 1 aliphatic heterocycles. The van der Waals surface area contributed by atoms with Gasteiger partial charge in [0, 0.05) is 6.04 Å². The first-order valence-corrected chi connectivity index (χ1v) is 7.27. The number of aryl methyl sites for hydroxylation is 1. The molecule has 0 bridgehead atoms. The molecule has 0 aliphatic carbocycles. The van der Waals surface area contributed by atoms with Crippen molar-refractivity contribution in [3.8, 4) is 5.75 Å². The molecule has 0 fully saturated rings. The molecule has 0 spiro atoms. The first-order valence-electron chi connectivity index (χ1n) is 7.27. The maximum Gasteiger partial charge on any atom is 0.409 e. The lowest BCUT2D eigenvalue weighted by Crippen LogP contribution is -2.34. The van der Waals surface area contributed by atoms with Crippen LogP contribution in [0.5, 0.6) is 5.75 Å². The lowest BCUT2D eigenvalue weighted by molar-refractivity contribution is -0.145. The molecule has 0 saturated carbocycles. The number of benzene rings is 1. The maximum absolute atomic E-state index is 12.2. The van der Waals surface area contributed by atoms with Crippen molar-refractivity contribution in [1.29, 1.82) is 0 Å². The van der Waals surface area contributed by atoms with E-state index in [2.05, 4.69) is 20.7 Å². The van der Waals surface area contributed by atoms with E-state index in [1.54, 1.807) is 0 Å². The van der Waals surface area contributed by atoms with Crippen molar-refractivity contribution >= 4 is 0 Å². The molecular weight excluding hydrogens is 311 g/mol. The van der Waals surface area contributed by atoms with Crippen LogP contribution in [0.15, 0.2) is 24.3 Å². The van der Waals surface area contributed by atoms with Crippen LogP contribution in [0.3, 0.4) is 0 Å². The van der Waals surface area contributed by atoms with Gasteiger partial charge in [0.05, 0.1) is 6.54 Å². The third-order valence-corrected chi connectivity index (χ3v) is 3.54. The Labute approximate surface area is 130 Å². The standard InChI is InChI=1S/C14H16F3N5O/c15-14(16,17)9-22-20-13(19-21-22)7-18-11-6-5-10-3-1-2-4-12(10)23-8-11/h1-4,11,18H,5-9H2. The zero-order chi connectivity index (χ0) is 16.3. The van der Waals surface area contributed by atoms with Crippen molar-refractivity contribution in [2.45, 2.75) is 38.1 Å². The number of hydrogen-bond acceptors (Lipinski definition) is 5. The monoisotopic (exact) mass is 327 g/mol. The molecule has 0 radical (unpaired) electrons. The number of alkyl halides is 3. The molecule has 2 aromatic rings. The van der Waals surface area contributed by atoms with Crippen LogP contribution in [0.1, 0.15) is 17.8 Å². The van der Waals surface area contributed by atoms with Gasteiger partial charge in [-0.15, -0.1) is 10.2 Å². The summed E-state index contributed by atoms with van der Waals surface area (Å²) in [7, 11) is 0. The van der Waals surface area contributed by atoms with Crippen LogP contribution >= 0.6 is 0 Å². The second-order valence-electron chi connectivity index (χ2n) is 5.39. The molecule has 2 heterocycles. The number of fused-ring (bicyclic) bond motifs is 1. The van der Waals surface area contributed by atoms with Gasteiger partial charge in [0.15, 0.2) is 12.4 Å². The van der Waals surface area contributed by atoms with Gasteiger partial charge in [-0.05, 0) is 29.7 Å². The fourth-order valence-corrected chi connectivity index (χ4v) is 2.43. The van der Waals surface area contributed by atoms with Crippen molar-refractivity contribution in [2.24, 2.45) is 0 Å². The van der Waals surface area contributed by atoms with Crippen LogP contribution in [-0.4, -0.2) is 39.0 Å². The van der Waals surface area contributed by atoms with Crippen molar-refractivity contribution in [3.05, 3.63) is 35.7 Å². The first-order chi connectivity index (χ1) is 11.0. The lowest BCUT2D eigenvalue weighted by Gasteiger charge is -2.14. The van der Waals surface area contributed by atoms with E-state index in [9.17, 15) is 13.2 Å². The van der Waals surface area contributed by atoms with Crippen LogP contribution < -0.4 is 10.1 Å². The molecule has 1 atom stereocenters. The summed E-state index contributed by atoms with van der Waals surface area (Å²) in [4.78, 5) is 0.552. The van der Waals surface area contributed by atoms with Gasteiger partial charge < -0.3 is 10.1 Å². The Morgan fingerprint density at radius 3 is 2.96 bits per heavy atom. The van der Waals surface area contributed by atoms with E-state index in [1.165, 1.54) is 0 Å². The number of nitrogens with zero attached hydrogens (tertiary/aromatic N) is 4. The average molecular weight is 327 g/mol. The third kappa shape index (κ3) is 4.41. The van der Waals surface area contributed by atoms with Gasteiger partial charge in [-0.2, -0.15) is 18.0 Å². The van der Waals surface area contributed by atoms with Gasteiger partial charge in [0.25, 0.3) is 0 Å². The Bertz CT molecular complexity index is 631. The quantitative estimate of drug-likeness (QED) is 0.926. The molecular formula is C14H16F3N5O.